The molecule has 0 atom stereocenters. The summed E-state index contributed by atoms with van der Waals surface area (Å²) in [4.78, 5) is 11.8. The second-order valence-electron chi connectivity index (χ2n) is 4.97. The van der Waals surface area contributed by atoms with Gasteiger partial charge in [0.1, 0.15) is 5.69 Å². The summed E-state index contributed by atoms with van der Waals surface area (Å²) in [5.74, 6) is 0.720. The molecule has 0 unspecified atom stereocenters. The highest BCUT2D eigenvalue weighted by molar-refractivity contribution is 5.69. The minimum atomic E-state index is -0.219. The molecule has 0 radical (unpaired) electrons. The van der Waals surface area contributed by atoms with Crippen LogP contribution in [-0.4, -0.2) is 18.6 Å². The van der Waals surface area contributed by atoms with E-state index >= 15 is 0 Å². The monoisotopic (exact) mass is 273 g/mol. The molecule has 1 heterocycles. The summed E-state index contributed by atoms with van der Waals surface area (Å²) in [5, 5.41) is 3.38. The molecule has 0 saturated carbocycles. The summed E-state index contributed by atoms with van der Waals surface area (Å²) < 4.78 is 7.03. The van der Waals surface area contributed by atoms with Crippen molar-refractivity contribution in [3.63, 3.8) is 0 Å². The van der Waals surface area contributed by atoms with E-state index in [-0.39, 0.29) is 12.5 Å². The van der Waals surface area contributed by atoms with E-state index in [0.717, 1.165) is 17.1 Å². The van der Waals surface area contributed by atoms with Crippen molar-refractivity contribution in [3.8, 4) is 11.3 Å². The number of ether oxygens (including phenoxy) is 1. The number of rotatable bonds is 5. The molecule has 0 aromatic heterocycles. The van der Waals surface area contributed by atoms with Gasteiger partial charge in [-0.1, -0.05) is 24.3 Å². The molecule has 4 heteroatoms. The van der Waals surface area contributed by atoms with Gasteiger partial charge >= 0.3 is 5.97 Å². The maximum absolute atomic E-state index is 11.8. The van der Waals surface area contributed by atoms with Crippen LogP contribution >= 0.6 is 0 Å². The van der Waals surface area contributed by atoms with E-state index in [2.05, 4.69) is 25.2 Å². The summed E-state index contributed by atoms with van der Waals surface area (Å²) in [6.45, 7) is 6.59. The fourth-order valence-electron chi connectivity index (χ4n) is 2.20. The van der Waals surface area contributed by atoms with Gasteiger partial charge < -0.3 is 4.74 Å². The van der Waals surface area contributed by atoms with Gasteiger partial charge in [0.05, 0.1) is 12.6 Å². The fraction of sp³-hybridized carbons (Fsp3) is 0.375. The molecule has 0 aromatic carbocycles. The van der Waals surface area contributed by atoms with E-state index in [0.29, 0.717) is 12.6 Å². The molecule has 20 heavy (non-hydrogen) atoms. The van der Waals surface area contributed by atoms with Gasteiger partial charge in [-0.05, 0) is 26.8 Å². The molecular formula is C16H21N2O2+. The predicted octanol–water partition coefficient (Wildman–Crippen LogP) is 2.46. The van der Waals surface area contributed by atoms with Crippen molar-refractivity contribution >= 4 is 11.8 Å². The predicted molar refractivity (Wildman–Crippen MR) is 78.7 cm³/mol. The largest absolute Gasteiger partial charge is 0.463 e. The number of aromatic nitrogens is 1. The highest BCUT2D eigenvalue weighted by atomic mass is 16.5. The summed E-state index contributed by atoms with van der Waals surface area (Å²) >= 11 is 0. The third-order valence-corrected chi connectivity index (χ3v) is 2.95. The van der Waals surface area contributed by atoms with Gasteiger partial charge in [-0.2, -0.15) is 0 Å². The lowest BCUT2D eigenvalue weighted by molar-refractivity contribution is -0.658. The van der Waals surface area contributed by atoms with Crippen molar-refractivity contribution in [2.45, 2.75) is 33.4 Å². The van der Waals surface area contributed by atoms with E-state index in [1.807, 2.05) is 41.8 Å². The Morgan fingerprint density at radius 1 is 1.30 bits per heavy atom. The van der Waals surface area contributed by atoms with Crippen LogP contribution in [0, 0.1) is 0 Å². The van der Waals surface area contributed by atoms with Gasteiger partial charge in [-0.25, -0.2) is 9.36 Å². The third kappa shape index (κ3) is 3.26. The topological polar surface area (TPSA) is 42.2 Å². The van der Waals surface area contributed by atoms with Gasteiger partial charge in [0.25, 0.3) is 5.82 Å². The van der Waals surface area contributed by atoms with Crippen LogP contribution in [0.25, 0.3) is 11.3 Å². The van der Waals surface area contributed by atoms with Crippen LogP contribution in [0.4, 0.5) is 5.82 Å². The van der Waals surface area contributed by atoms with Crippen molar-refractivity contribution < 1.29 is 14.1 Å². The summed E-state index contributed by atoms with van der Waals surface area (Å²) in [5.41, 5.74) is 2.12. The summed E-state index contributed by atoms with van der Waals surface area (Å²) in [7, 11) is 0. The zero-order valence-electron chi connectivity index (χ0n) is 12.2. The van der Waals surface area contributed by atoms with Crippen LogP contribution < -0.4 is 9.88 Å². The van der Waals surface area contributed by atoms with Gasteiger partial charge in [0.2, 0.25) is 0 Å². The Kier molecular flexibility index (Phi) is 4.56. The fourth-order valence-corrected chi connectivity index (χ4v) is 2.20. The van der Waals surface area contributed by atoms with Crippen molar-refractivity contribution in [1.29, 1.82) is 0 Å². The van der Waals surface area contributed by atoms with Gasteiger partial charge in [-0.15, -0.1) is 0 Å². The highest BCUT2D eigenvalue weighted by Crippen LogP contribution is 2.22. The molecule has 106 valence electrons. The maximum Gasteiger partial charge on any atom is 0.348 e. The zero-order valence-corrected chi connectivity index (χ0v) is 12.2. The van der Waals surface area contributed by atoms with Crippen molar-refractivity contribution in [2.75, 3.05) is 11.9 Å². The quantitative estimate of drug-likeness (QED) is 0.672. The van der Waals surface area contributed by atoms with Gasteiger partial charge in [0, 0.05) is 11.6 Å². The first-order valence-corrected chi connectivity index (χ1v) is 6.95. The highest BCUT2D eigenvalue weighted by Gasteiger charge is 2.23. The Morgan fingerprint density at radius 2 is 2.05 bits per heavy atom. The number of nitrogens with zero attached hydrogens (tertiary/aromatic N) is 1. The Balaban J connectivity index is 2.41. The van der Waals surface area contributed by atoms with Gasteiger partial charge in [0.15, 0.2) is 6.54 Å². The van der Waals surface area contributed by atoms with Crippen LogP contribution in [0.3, 0.4) is 0 Å². The zero-order chi connectivity index (χ0) is 14.5. The van der Waals surface area contributed by atoms with Crippen LogP contribution in [0.15, 0.2) is 36.4 Å². The number of hydrogen-bond donors (Lipinski definition) is 1. The second kappa shape index (κ2) is 6.37. The lowest BCUT2D eigenvalue weighted by Crippen LogP contribution is -2.41. The minimum Gasteiger partial charge on any atom is -0.463 e. The summed E-state index contributed by atoms with van der Waals surface area (Å²) in [6.07, 6.45) is 0. The number of esters is 1. The number of hydrogen-bond acceptors (Lipinski definition) is 3. The van der Waals surface area contributed by atoms with E-state index in [4.69, 9.17) is 4.74 Å². The minimum absolute atomic E-state index is 0.219. The van der Waals surface area contributed by atoms with Gasteiger partial charge in [-0.3, -0.25) is 5.32 Å². The number of carbonyl (C=O) groups is 1. The molecule has 1 N–H and O–H groups in total. The maximum atomic E-state index is 11.8. The molecule has 0 fully saturated rings. The Morgan fingerprint density at radius 3 is 2.75 bits per heavy atom. The number of carbonyl (C=O) groups excluding carboxylic acids is 1. The van der Waals surface area contributed by atoms with E-state index < -0.39 is 0 Å². The third-order valence-electron chi connectivity index (χ3n) is 2.95. The SMILES string of the molecule is CCOC(=O)C[n+]1c(NC(C)C)cc2cccccc1-2. The lowest BCUT2D eigenvalue weighted by Gasteiger charge is -2.06. The molecule has 0 aromatic rings. The normalized spacial score (nSPS) is 10.8. The molecule has 1 aliphatic heterocycles. The molecule has 0 saturated heterocycles. The van der Waals surface area contributed by atoms with Crippen molar-refractivity contribution in [3.05, 3.63) is 36.4 Å². The smallest absolute Gasteiger partial charge is 0.348 e. The average molecular weight is 273 g/mol. The van der Waals surface area contributed by atoms with E-state index in [1.165, 1.54) is 0 Å². The molecule has 2 rings (SSSR count). The average Bonchev–Trinajstić information content (AvgIpc) is 2.57. The van der Waals surface area contributed by atoms with Crippen LogP contribution in [0.1, 0.15) is 20.8 Å². The number of nitrogens with one attached hydrogen (secondary N) is 1. The molecule has 1 aliphatic carbocycles. The molecular weight excluding hydrogens is 252 g/mol. The van der Waals surface area contributed by atoms with Crippen LogP contribution in [0.5, 0.6) is 0 Å². The van der Waals surface area contributed by atoms with Crippen LogP contribution in [0.2, 0.25) is 0 Å². The van der Waals surface area contributed by atoms with Crippen molar-refractivity contribution in [1.82, 2.24) is 0 Å². The van der Waals surface area contributed by atoms with Crippen LogP contribution in [-0.2, 0) is 16.1 Å². The number of anilines is 1. The first-order valence-electron chi connectivity index (χ1n) is 6.95. The molecule has 2 aliphatic rings. The molecule has 0 bridgehead atoms. The van der Waals surface area contributed by atoms with E-state index in [1.54, 1.807) is 0 Å². The van der Waals surface area contributed by atoms with E-state index in [9.17, 15) is 4.79 Å². The standard InChI is InChI=1S/C16H20N2O2/c1-4-20-16(19)11-18-14-9-7-5-6-8-13(14)10-15(18)17-12(2)3/h5-10,12H,4,11H2,1-3H3/p+1. The Bertz CT molecular complexity index is 567. The number of fused-ring (bicyclic) bond motifs is 1. The first kappa shape index (κ1) is 14.3. The molecule has 4 nitrogen and oxygen atoms in total. The molecule has 0 amide bonds. The first-order chi connectivity index (χ1) is 9.61. The van der Waals surface area contributed by atoms with Crippen molar-refractivity contribution in [2.24, 2.45) is 0 Å². The Labute approximate surface area is 119 Å². The Hall–Kier alpha value is -2.10. The summed E-state index contributed by atoms with van der Waals surface area (Å²) in [6, 6.07) is 12.4. The molecule has 0 spiro atoms. The lowest BCUT2D eigenvalue weighted by atomic mass is 10.2. The second-order valence-corrected chi connectivity index (χ2v) is 4.97.